The van der Waals surface area contributed by atoms with E-state index in [1.165, 1.54) is 24.1 Å². The highest BCUT2D eigenvalue weighted by molar-refractivity contribution is 6.08. The highest BCUT2D eigenvalue weighted by atomic mass is 16.6. The Morgan fingerprint density at radius 1 is 1.00 bits per heavy atom. The Bertz CT molecular complexity index is 1170. The number of Topliss-reactive ketones (excluding diaryl/α,β-unsaturated/α-hetero) is 1. The fraction of sp³-hybridized carbons (Fsp3) is 0.360. The molecule has 0 saturated heterocycles. The normalized spacial score (nSPS) is 19.9. The minimum Gasteiger partial charge on any atom is -0.497 e. The van der Waals surface area contributed by atoms with Crippen molar-refractivity contribution in [2.75, 3.05) is 19.1 Å². The number of benzene rings is 2. The summed E-state index contributed by atoms with van der Waals surface area (Å²) in [5, 5.41) is 11.9. The summed E-state index contributed by atoms with van der Waals surface area (Å²) in [5.41, 5.74) is 1.47. The molecule has 1 amide bonds. The van der Waals surface area contributed by atoms with Crippen LogP contribution in [0.4, 0.5) is 11.4 Å². The van der Waals surface area contributed by atoms with E-state index >= 15 is 0 Å². The fourth-order valence-corrected chi connectivity index (χ4v) is 4.78. The number of rotatable bonds is 5. The number of hydrogen-bond donors (Lipinski definition) is 0. The van der Waals surface area contributed by atoms with Crippen LogP contribution < -0.4 is 14.4 Å². The van der Waals surface area contributed by atoms with Crippen LogP contribution in [0.25, 0.3) is 0 Å². The van der Waals surface area contributed by atoms with Gasteiger partial charge < -0.3 is 9.47 Å². The first-order valence-electron chi connectivity index (χ1n) is 10.7. The van der Waals surface area contributed by atoms with E-state index in [0.717, 1.165) is 5.56 Å². The number of ketones is 1. The molecule has 4 rings (SSSR count). The second-order valence-corrected chi connectivity index (χ2v) is 9.17. The van der Waals surface area contributed by atoms with E-state index in [1.807, 2.05) is 26.0 Å². The molecule has 0 aromatic heterocycles. The Morgan fingerprint density at radius 2 is 1.64 bits per heavy atom. The second-order valence-electron chi connectivity index (χ2n) is 9.17. The molecule has 8 nitrogen and oxygen atoms in total. The van der Waals surface area contributed by atoms with Crippen LogP contribution in [0.5, 0.6) is 11.5 Å². The highest BCUT2D eigenvalue weighted by Gasteiger charge is 2.45. The van der Waals surface area contributed by atoms with E-state index in [1.54, 1.807) is 25.3 Å². The van der Waals surface area contributed by atoms with Crippen LogP contribution in [-0.4, -0.2) is 30.8 Å². The lowest BCUT2D eigenvalue weighted by molar-refractivity contribution is -0.384. The fourth-order valence-electron chi connectivity index (χ4n) is 4.78. The molecule has 2 aliphatic rings. The molecule has 0 saturated carbocycles. The number of ether oxygens (including phenoxy) is 2. The summed E-state index contributed by atoms with van der Waals surface area (Å²) >= 11 is 0. The van der Waals surface area contributed by atoms with E-state index in [-0.39, 0.29) is 34.9 Å². The lowest BCUT2D eigenvalue weighted by Crippen LogP contribution is -2.44. The van der Waals surface area contributed by atoms with Gasteiger partial charge in [0.15, 0.2) is 5.78 Å². The zero-order chi connectivity index (χ0) is 23.9. The lowest BCUT2D eigenvalue weighted by atomic mass is 9.69. The van der Waals surface area contributed by atoms with Crippen molar-refractivity contribution in [2.45, 2.75) is 39.0 Å². The van der Waals surface area contributed by atoms with Crippen LogP contribution in [0.1, 0.15) is 44.6 Å². The van der Waals surface area contributed by atoms with E-state index in [9.17, 15) is 19.7 Å². The smallest absolute Gasteiger partial charge is 0.297 e. The minimum atomic E-state index is -0.531. The highest BCUT2D eigenvalue weighted by Crippen LogP contribution is 2.49. The van der Waals surface area contributed by atoms with Crippen molar-refractivity contribution in [1.29, 1.82) is 0 Å². The molecule has 1 aliphatic carbocycles. The summed E-state index contributed by atoms with van der Waals surface area (Å²) < 4.78 is 10.4. The van der Waals surface area contributed by atoms with Crippen LogP contribution >= 0.6 is 0 Å². The third-order valence-corrected chi connectivity index (χ3v) is 6.28. The number of nitro groups is 1. The van der Waals surface area contributed by atoms with Crippen LogP contribution in [0.15, 0.2) is 53.7 Å². The molecule has 0 N–H and O–H groups in total. The molecule has 1 unspecified atom stereocenters. The summed E-state index contributed by atoms with van der Waals surface area (Å²) in [4.78, 5) is 39.6. The minimum absolute atomic E-state index is 0.0317. The molecule has 1 heterocycles. The molecule has 8 heteroatoms. The number of carbonyl (C=O) groups excluding carboxylic acids is 2. The molecule has 2 aromatic carbocycles. The van der Waals surface area contributed by atoms with Gasteiger partial charge in [0.2, 0.25) is 5.91 Å². The van der Waals surface area contributed by atoms with Gasteiger partial charge in [0.1, 0.15) is 17.2 Å². The zero-order valence-electron chi connectivity index (χ0n) is 19.1. The van der Waals surface area contributed by atoms with Gasteiger partial charge in [-0.05, 0) is 41.7 Å². The number of anilines is 1. The Kier molecular flexibility index (Phi) is 5.69. The molecule has 172 valence electrons. The summed E-state index contributed by atoms with van der Waals surface area (Å²) in [6.45, 7) is 3.94. The maximum atomic E-state index is 13.5. The van der Waals surface area contributed by atoms with Crippen molar-refractivity contribution < 1.29 is 24.0 Å². The molecule has 0 radical (unpaired) electrons. The van der Waals surface area contributed by atoms with Gasteiger partial charge >= 0.3 is 0 Å². The Balaban J connectivity index is 1.91. The number of amides is 1. The molecule has 0 spiro atoms. The van der Waals surface area contributed by atoms with Crippen molar-refractivity contribution >= 4 is 23.1 Å². The van der Waals surface area contributed by atoms with Crippen molar-refractivity contribution in [3.8, 4) is 11.5 Å². The molecular formula is C25H26N2O6. The Hall–Kier alpha value is -3.68. The van der Waals surface area contributed by atoms with Gasteiger partial charge in [-0.1, -0.05) is 26.0 Å². The van der Waals surface area contributed by atoms with Gasteiger partial charge in [-0.15, -0.1) is 0 Å². The van der Waals surface area contributed by atoms with Crippen LogP contribution in [0.2, 0.25) is 0 Å². The molecule has 0 bridgehead atoms. The quantitative estimate of drug-likeness (QED) is 0.480. The predicted octanol–water partition coefficient (Wildman–Crippen LogP) is 4.78. The third-order valence-electron chi connectivity index (χ3n) is 6.28. The van der Waals surface area contributed by atoms with E-state index in [2.05, 4.69) is 0 Å². The lowest BCUT2D eigenvalue weighted by Gasteiger charge is -2.42. The first-order chi connectivity index (χ1) is 15.6. The van der Waals surface area contributed by atoms with Crippen LogP contribution in [0, 0.1) is 15.5 Å². The summed E-state index contributed by atoms with van der Waals surface area (Å²) in [6, 6.07) is 11.7. The van der Waals surface area contributed by atoms with Crippen molar-refractivity contribution in [1.82, 2.24) is 0 Å². The van der Waals surface area contributed by atoms with Gasteiger partial charge in [-0.3, -0.25) is 24.6 Å². The average molecular weight is 450 g/mol. The molecular weight excluding hydrogens is 424 g/mol. The van der Waals surface area contributed by atoms with Crippen molar-refractivity contribution in [3.63, 3.8) is 0 Å². The zero-order valence-corrected chi connectivity index (χ0v) is 19.1. The van der Waals surface area contributed by atoms with E-state index in [0.29, 0.717) is 35.6 Å². The van der Waals surface area contributed by atoms with Crippen molar-refractivity contribution in [3.05, 3.63) is 69.4 Å². The van der Waals surface area contributed by atoms with Gasteiger partial charge in [0.25, 0.3) is 5.69 Å². The third kappa shape index (κ3) is 4.08. The summed E-state index contributed by atoms with van der Waals surface area (Å²) in [6.07, 6.45) is 0.849. The van der Waals surface area contributed by atoms with Gasteiger partial charge in [0.05, 0.1) is 25.2 Å². The first kappa shape index (κ1) is 22.5. The Morgan fingerprint density at radius 3 is 2.24 bits per heavy atom. The monoisotopic (exact) mass is 450 g/mol. The largest absolute Gasteiger partial charge is 0.497 e. The topological polar surface area (TPSA) is 99.0 Å². The second kappa shape index (κ2) is 8.35. The maximum Gasteiger partial charge on any atom is 0.297 e. The number of hydrogen-bond acceptors (Lipinski definition) is 6. The Labute approximate surface area is 191 Å². The molecule has 1 atom stereocenters. The number of nitro benzene ring substituents is 1. The van der Waals surface area contributed by atoms with E-state index < -0.39 is 10.8 Å². The van der Waals surface area contributed by atoms with Gasteiger partial charge in [-0.25, -0.2) is 0 Å². The molecule has 2 aromatic rings. The number of carbonyl (C=O) groups is 2. The first-order valence-corrected chi connectivity index (χ1v) is 10.7. The van der Waals surface area contributed by atoms with Gasteiger partial charge in [0, 0.05) is 30.0 Å². The van der Waals surface area contributed by atoms with Crippen molar-refractivity contribution in [2.24, 2.45) is 5.41 Å². The molecule has 33 heavy (non-hydrogen) atoms. The number of methoxy groups -OCH3 is 2. The standard InChI is InChI=1S/C25H26N2O6/c1-25(2)13-21-24(22(28)14-25)18(15-5-7-16(32-3)8-6-15)12-23(29)26(21)19-10-9-17(33-4)11-20(19)27(30)31/h5-11,18H,12-14H2,1-4H3. The summed E-state index contributed by atoms with van der Waals surface area (Å²) in [7, 11) is 3.00. The average Bonchev–Trinajstić information content (AvgIpc) is 2.77. The summed E-state index contributed by atoms with van der Waals surface area (Å²) in [5.74, 6) is 0.279. The van der Waals surface area contributed by atoms with E-state index in [4.69, 9.17) is 9.47 Å². The number of nitrogens with zero attached hydrogens (tertiary/aromatic N) is 2. The van der Waals surface area contributed by atoms with Crippen LogP contribution in [0.3, 0.4) is 0 Å². The van der Waals surface area contributed by atoms with Gasteiger partial charge in [-0.2, -0.15) is 0 Å². The number of allylic oxidation sites excluding steroid dienone is 2. The molecule has 0 fully saturated rings. The van der Waals surface area contributed by atoms with Crippen LogP contribution in [-0.2, 0) is 9.59 Å². The molecule has 1 aliphatic heterocycles. The predicted molar refractivity (Wildman–Crippen MR) is 123 cm³/mol. The SMILES string of the molecule is COc1ccc(C2CC(=O)N(c3ccc(OC)cc3[N+](=O)[O-])C3=C2C(=O)CC(C)(C)C3)cc1. The maximum absolute atomic E-state index is 13.5.